The molecule has 0 bridgehead atoms. The van der Waals surface area contributed by atoms with E-state index in [0.717, 1.165) is 14.7 Å². The van der Waals surface area contributed by atoms with Crippen LogP contribution in [0.15, 0.2) is 24.6 Å². The molecule has 0 saturated carbocycles. The number of nitrogens with zero attached hydrogens (tertiary/aromatic N) is 8. The number of aliphatic hydroxyl groups is 1. The first-order chi connectivity index (χ1) is 41.8. The van der Waals surface area contributed by atoms with Crippen molar-refractivity contribution in [2.45, 2.75) is 228 Å². The second kappa shape index (κ2) is 36.5. The van der Waals surface area contributed by atoms with Crippen LogP contribution in [0, 0.1) is 35.5 Å². The summed E-state index contributed by atoms with van der Waals surface area (Å²) in [7, 11) is 13.2. The zero-order valence-corrected chi connectivity index (χ0v) is 60.1. The van der Waals surface area contributed by atoms with Crippen molar-refractivity contribution in [3.05, 3.63) is 24.6 Å². The second-order valence-electron chi connectivity index (χ2n) is 27.8. The van der Waals surface area contributed by atoms with Crippen molar-refractivity contribution in [3.63, 3.8) is 0 Å². The topological polar surface area (TPSA) is 291 Å². The summed E-state index contributed by atoms with van der Waals surface area (Å²) in [5.41, 5.74) is -1.19. The summed E-state index contributed by atoms with van der Waals surface area (Å²) in [6.45, 7) is 32.8. The number of allylic oxidation sites excluding steroid dienone is 2. The number of hydrogen-bond acceptors (Lipinski definition) is 14. The van der Waals surface area contributed by atoms with Crippen molar-refractivity contribution < 1.29 is 62.6 Å². The maximum atomic E-state index is 15.2. The molecule has 1 fully saturated rings. The van der Waals surface area contributed by atoms with Gasteiger partial charge in [-0.25, -0.2) is 0 Å². The van der Waals surface area contributed by atoms with Crippen molar-refractivity contribution in [1.82, 2.24) is 60.5 Å². The molecule has 0 spiro atoms. The van der Waals surface area contributed by atoms with Gasteiger partial charge in [0.15, 0.2) is 5.88 Å². The number of nitrogens with one attached hydrogen (secondary N) is 4. The van der Waals surface area contributed by atoms with Gasteiger partial charge in [0, 0.05) is 69.8 Å². The van der Waals surface area contributed by atoms with Crippen molar-refractivity contribution in [1.29, 1.82) is 0 Å². The molecular formula is C66H118N12O13. The van der Waals surface area contributed by atoms with E-state index in [1.165, 1.54) is 82.8 Å². The zero-order valence-electron chi connectivity index (χ0n) is 60.1. The highest BCUT2D eigenvalue weighted by Gasteiger charge is 2.46. The van der Waals surface area contributed by atoms with Gasteiger partial charge in [-0.1, -0.05) is 95.2 Å². The predicted molar refractivity (Wildman–Crippen MR) is 352 cm³/mol. The lowest BCUT2D eigenvalue weighted by Crippen LogP contribution is -2.63. The lowest BCUT2D eigenvalue weighted by atomic mass is 9.91. The molecule has 0 aromatic rings. The number of likely N-dealkylation sites (N-methyl/N-ethyl adjacent to an activating group) is 7. The van der Waals surface area contributed by atoms with E-state index in [-0.39, 0.29) is 55.7 Å². The van der Waals surface area contributed by atoms with Gasteiger partial charge in [0.2, 0.25) is 65.0 Å². The molecule has 25 heteroatoms. The van der Waals surface area contributed by atoms with Crippen molar-refractivity contribution in [3.8, 4) is 0 Å². The molecule has 0 radical (unpaired) electrons. The first kappa shape index (κ1) is 82.2. The Morgan fingerprint density at radius 3 is 1.48 bits per heavy atom. The maximum absolute atomic E-state index is 15.2. The lowest BCUT2D eigenvalue weighted by Gasteiger charge is -2.41. The summed E-state index contributed by atoms with van der Waals surface area (Å²) in [5.74, 6) is -9.89. The Morgan fingerprint density at radius 2 is 1.02 bits per heavy atom. The van der Waals surface area contributed by atoms with Crippen LogP contribution in [0.25, 0.3) is 0 Å². The van der Waals surface area contributed by atoms with Crippen LogP contribution < -0.4 is 21.3 Å². The van der Waals surface area contributed by atoms with Gasteiger partial charge in [-0.05, 0) is 109 Å². The van der Waals surface area contributed by atoms with Gasteiger partial charge in [0.25, 0.3) is 0 Å². The third-order valence-electron chi connectivity index (χ3n) is 17.0. The zero-order chi connectivity index (χ0) is 70.8. The monoisotopic (exact) mass is 1290 g/mol. The molecule has 0 aromatic heterocycles. The van der Waals surface area contributed by atoms with Gasteiger partial charge in [-0.15, -0.1) is 0 Å². The predicted octanol–water partition coefficient (Wildman–Crippen LogP) is 3.44. The average Bonchev–Trinajstić information content (AvgIpc) is 1.14. The van der Waals surface area contributed by atoms with Gasteiger partial charge in [-0.2, -0.15) is 0 Å². The van der Waals surface area contributed by atoms with E-state index in [4.69, 9.17) is 4.74 Å². The van der Waals surface area contributed by atoms with Gasteiger partial charge in [0.1, 0.15) is 66.0 Å². The van der Waals surface area contributed by atoms with E-state index in [9.17, 15) is 43.5 Å². The number of rotatable bonds is 18. The van der Waals surface area contributed by atoms with Crippen LogP contribution in [-0.2, 0) is 57.5 Å². The van der Waals surface area contributed by atoms with Crippen LogP contribution >= 0.6 is 0 Å². The van der Waals surface area contributed by atoms with Crippen LogP contribution in [0.3, 0.4) is 0 Å². The summed E-state index contributed by atoms with van der Waals surface area (Å²) in [6.07, 6.45) is 2.58. The number of aliphatic hydroxyl groups excluding tert-OH is 1. The normalized spacial score (nSPS) is 25.9. The van der Waals surface area contributed by atoms with Crippen LogP contribution in [0.1, 0.15) is 156 Å². The van der Waals surface area contributed by atoms with Crippen molar-refractivity contribution in [2.24, 2.45) is 35.5 Å². The van der Waals surface area contributed by atoms with Crippen molar-refractivity contribution >= 4 is 65.0 Å². The lowest BCUT2D eigenvalue weighted by molar-refractivity contribution is -0.157. The van der Waals surface area contributed by atoms with E-state index in [0.29, 0.717) is 6.42 Å². The molecule has 1 aliphatic heterocycles. The minimum atomic E-state index is -1.64. The number of ether oxygens (including phenoxy) is 1. The van der Waals surface area contributed by atoms with Crippen LogP contribution in [-0.4, -0.2) is 251 Å². The molecule has 91 heavy (non-hydrogen) atoms. The Hall–Kier alpha value is -6.79. The molecule has 25 nitrogen and oxygen atoms in total. The highest BCUT2D eigenvalue weighted by molar-refractivity contribution is 5.99. The number of hydrogen-bond donors (Lipinski definition) is 5. The fourth-order valence-electron chi connectivity index (χ4n) is 11.1. The van der Waals surface area contributed by atoms with Crippen LogP contribution in [0.5, 0.6) is 0 Å². The van der Waals surface area contributed by atoms with Gasteiger partial charge in [-0.3, -0.25) is 52.7 Å². The molecule has 11 amide bonds. The smallest absolute Gasteiger partial charge is 0.246 e. The summed E-state index contributed by atoms with van der Waals surface area (Å²) in [6, 6.07) is -12.9. The Kier molecular flexibility index (Phi) is 32.9. The quantitative estimate of drug-likeness (QED) is 0.0971. The highest BCUT2D eigenvalue weighted by atomic mass is 16.5. The molecule has 1 unspecified atom stereocenters. The first-order valence-corrected chi connectivity index (χ1v) is 32.2. The third kappa shape index (κ3) is 23.4. The molecule has 1 aliphatic rings. The largest absolute Gasteiger partial charge is 0.474 e. The molecule has 0 aromatic carbocycles. The standard InChI is InChI=1S/C66H118N12O13/c1-28-30-31-42(13)55(80)54-59(84)69-46(29-2)61(86)72(21)36-51(79)73(22)50(35-66(17,18)91-45(16)71(19)20)58(83)70-52(40(9)10)64(89)74(23)47(32-37(3)4)57(82)67-43(14)56(81)68-44(15)60(85)75(24)48(33-38(5)6)62(87)76(25)49(34-39(7)8)63(88)77(26)53(41(11)12)65(90)78(54)27/h28,30,37-44,46-50,52-55,80H,16,29,31-36H2,1-15,17-27H3,(H,67,82)(H,68,81)(H,69,84)(H,70,83)/b30-28+/t42-,43-,44+,46-,47-,48-,49-,50+,52-,53-,54?,55-/m1/s1. The molecule has 1 heterocycles. The highest BCUT2D eigenvalue weighted by Crippen LogP contribution is 2.27. The third-order valence-corrected chi connectivity index (χ3v) is 17.0. The first-order valence-electron chi connectivity index (χ1n) is 32.2. The molecule has 1 rings (SSSR count). The fourth-order valence-corrected chi connectivity index (χ4v) is 11.1. The average molecular weight is 1290 g/mol. The van der Waals surface area contributed by atoms with E-state index in [1.807, 2.05) is 41.5 Å². The van der Waals surface area contributed by atoms with E-state index >= 15 is 14.4 Å². The van der Waals surface area contributed by atoms with Crippen LogP contribution in [0.4, 0.5) is 0 Å². The van der Waals surface area contributed by atoms with Crippen molar-refractivity contribution in [2.75, 3.05) is 70.0 Å². The number of amides is 11. The summed E-state index contributed by atoms with van der Waals surface area (Å²) in [4.78, 5) is 172. The summed E-state index contributed by atoms with van der Waals surface area (Å²) < 4.78 is 6.20. The molecule has 520 valence electrons. The Morgan fingerprint density at radius 1 is 0.571 bits per heavy atom. The maximum Gasteiger partial charge on any atom is 0.246 e. The SMILES string of the molecule is C=C(OC(C)(C)C[C@H]1C(=O)N[C@H](C(C)C)C(=O)N(C)[C@H](CC(C)C)C(=O)N[C@H](C)C(=O)N[C@@H](C)C(=O)N(C)[C@H](CC(C)C)C(=O)N(C)[C@H](CC(C)C)C(=O)N(C)[C@H](C(C)C)C(=O)N(C)C([C@H](O)[C@H](C)C/C=C/C)C(=O)N[C@H](CC)C(=O)N(C)CC(=O)N1C)N(C)C. The number of carbonyl (C=O) groups excluding carboxylic acids is 11. The van der Waals surface area contributed by atoms with Gasteiger partial charge in [0.05, 0.1) is 12.6 Å². The Labute approximate surface area is 544 Å². The minimum Gasteiger partial charge on any atom is -0.474 e. The number of carbonyl (C=O) groups is 11. The molecule has 1 saturated heterocycles. The Balaban J connectivity index is 4.44. The van der Waals surface area contributed by atoms with Gasteiger partial charge >= 0.3 is 0 Å². The second-order valence-corrected chi connectivity index (χ2v) is 27.8. The molecule has 12 atom stereocenters. The molecule has 5 N–H and O–H groups in total. The summed E-state index contributed by atoms with van der Waals surface area (Å²) >= 11 is 0. The minimum absolute atomic E-state index is 0.0109. The molecule has 0 aliphatic carbocycles. The van der Waals surface area contributed by atoms with Crippen LogP contribution in [0.2, 0.25) is 0 Å². The van der Waals surface area contributed by atoms with E-state index in [1.54, 1.807) is 93.5 Å². The summed E-state index contributed by atoms with van der Waals surface area (Å²) in [5, 5.41) is 23.2. The van der Waals surface area contributed by atoms with E-state index < -0.39 is 161 Å². The Bertz CT molecular complexity index is 2550. The van der Waals surface area contributed by atoms with E-state index in [2.05, 4.69) is 27.8 Å². The fraction of sp³-hybridized carbons (Fsp3) is 0.773. The van der Waals surface area contributed by atoms with Gasteiger partial charge < -0.3 is 70.3 Å². The molecular weight excluding hydrogens is 1170 g/mol.